The van der Waals surface area contributed by atoms with Gasteiger partial charge in [-0.25, -0.2) is 0 Å². The Labute approximate surface area is 98.3 Å². The zero-order valence-electron chi connectivity index (χ0n) is 10.3. The maximum Gasteiger partial charge on any atom is 0.0700 e. The van der Waals surface area contributed by atoms with Crippen LogP contribution in [0.1, 0.15) is 32.1 Å². The molecule has 4 nitrogen and oxygen atoms in total. The summed E-state index contributed by atoms with van der Waals surface area (Å²) >= 11 is 0. The number of methoxy groups -OCH3 is 1. The predicted octanol–water partition coefficient (Wildman–Crippen LogP) is 0.933. The lowest BCUT2D eigenvalue weighted by Crippen LogP contribution is -2.35. The molecule has 0 spiro atoms. The van der Waals surface area contributed by atoms with Gasteiger partial charge in [0.2, 0.25) is 0 Å². The smallest absolute Gasteiger partial charge is 0.0700 e. The first-order valence-corrected chi connectivity index (χ1v) is 6.31. The maximum absolute atomic E-state index is 9.36. The molecule has 0 radical (unpaired) electrons. The van der Waals surface area contributed by atoms with E-state index in [0.717, 1.165) is 45.3 Å². The van der Waals surface area contributed by atoms with Crippen molar-refractivity contribution in [1.29, 1.82) is 0 Å². The van der Waals surface area contributed by atoms with Crippen LogP contribution in [0, 0.1) is 0 Å². The normalized spacial score (nSPS) is 25.9. The van der Waals surface area contributed by atoms with E-state index in [4.69, 9.17) is 9.47 Å². The van der Waals surface area contributed by atoms with Gasteiger partial charge in [0.1, 0.15) is 0 Å². The molecule has 1 saturated carbocycles. The third-order valence-electron chi connectivity index (χ3n) is 3.03. The molecule has 0 atom stereocenters. The van der Waals surface area contributed by atoms with Crippen LogP contribution in [-0.4, -0.2) is 50.7 Å². The van der Waals surface area contributed by atoms with Crippen molar-refractivity contribution < 1.29 is 14.6 Å². The molecule has 1 rings (SSSR count). The Kier molecular flexibility index (Phi) is 7.76. The Morgan fingerprint density at radius 1 is 1.12 bits per heavy atom. The minimum atomic E-state index is -0.0598. The summed E-state index contributed by atoms with van der Waals surface area (Å²) in [6.45, 7) is 3.17. The van der Waals surface area contributed by atoms with E-state index in [1.807, 2.05) is 0 Å². The second-order valence-electron chi connectivity index (χ2n) is 4.42. The number of aliphatic hydroxyl groups excluding tert-OH is 1. The van der Waals surface area contributed by atoms with Crippen molar-refractivity contribution in [1.82, 2.24) is 5.32 Å². The first-order valence-electron chi connectivity index (χ1n) is 6.31. The molecule has 1 aliphatic carbocycles. The van der Waals surface area contributed by atoms with Crippen LogP contribution in [0.5, 0.6) is 0 Å². The van der Waals surface area contributed by atoms with Crippen LogP contribution >= 0.6 is 0 Å². The zero-order valence-corrected chi connectivity index (χ0v) is 10.3. The second kappa shape index (κ2) is 8.93. The van der Waals surface area contributed by atoms with E-state index < -0.39 is 0 Å². The number of ether oxygens (including phenoxy) is 2. The standard InChI is InChI=1S/C12H25NO3/c1-15-9-10-16-8-2-7-13-11-3-5-12(14)6-4-11/h11-14H,2-10H2,1H3. The minimum Gasteiger partial charge on any atom is -0.393 e. The summed E-state index contributed by atoms with van der Waals surface area (Å²) in [7, 11) is 1.68. The number of hydrogen-bond acceptors (Lipinski definition) is 4. The van der Waals surface area contributed by atoms with Crippen molar-refractivity contribution in [3.63, 3.8) is 0 Å². The molecule has 0 heterocycles. The van der Waals surface area contributed by atoms with Crippen LogP contribution in [0.4, 0.5) is 0 Å². The summed E-state index contributed by atoms with van der Waals surface area (Å²) in [6.07, 6.45) is 5.08. The van der Waals surface area contributed by atoms with Gasteiger partial charge in [-0.05, 0) is 38.6 Å². The Bertz CT molecular complexity index is 158. The van der Waals surface area contributed by atoms with Gasteiger partial charge in [0.05, 0.1) is 19.3 Å². The first-order chi connectivity index (χ1) is 7.83. The molecular weight excluding hydrogens is 206 g/mol. The average Bonchev–Trinajstić information content (AvgIpc) is 2.30. The molecule has 0 aromatic carbocycles. The highest BCUT2D eigenvalue weighted by Gasteiger charge is 2.18. The van der Waals surface area contributed by atoms with E-state index in [-0.39, 0.29) is 6.10 Å². The van der Waals surface area contributed by atoms with E-state index >= 15 is 0 Å². The topological polar surface area (TPSA) is 50.7 Å². The van der Waals surface area contributed by atoms with Crippen LogP contribution in [0.15, 0.2) is 0 Å². The third-order valence-corrected chi connectivity index (χ3v) is 3.03. The molecule has 96 valence electrons. The van der Waals surface area contributed by atoms with Gasteiger partial charge < -0.3 is 19.9 Å². The molecule has 0 aromatic heterocycles. The van der Waals surface area contributed by atoms with Crippen LogP contribution < -0.4 is 5.32 Å². The summed E-state index contributed by atoms with van der Waals surface area (Å²) in [5.74, 6) is 0. The van der Waals surface area contributed by atoms with Crippen LogP contribution in [0.3, 0.4) is 0 Å². The molecule has 1 aliphatic rings. The van der Waals surface area contributed by atoms with E-state index in [2.05, 4.69) is 5.32 Å². The molecular formula is C12H25NO3. The monoisotopic (exact) mass is 231 g/mol. The van der Waals surface area contributed by atoms with Gasteiger partial charge in [-0.3, -0.25) is 0 Å². The molecule has 2 N–H and O–H groups in total. The molecule has 0 saturated heterocycles. The third kappa shape index (κ3) is 6.43. The maximum atomic E-state index is 9.36. The molecule has 0 bridgehead atoms. The molecule has 0 aromatic rings. The number of hydrogen-bond donors (Lipinski definition) is 2. The lowest BCUT2D eigenvalue weighted by Gasteiger charge is -2.26. The second-order valence-corrected chi connectivity index (χ2v) is 4.42. The van der Waals surface area contributed by atoms with Crippen molar-refractivity contribution in [2.45, 2.75) is 44.2 Å². The van der Waals surface area contributed by atoms with Crippen LogP contribution in [0.25, 0.3) is 0 Å². The van der Waals surface area contributed by atoms with Crippen molar-refractivity contribution in [3.8, 4) is 0 Å². The average molecular weight is 231 g/mol. The Hall–Kier alpha value is -0.160. The van der Waals surface area contributed by atoms with E-state index in [0.29, 0.717) is 19.3 Å². The molecule has 1 fully saturated rings. The summed E-state index contributed by atoms with van der Waals surface area (Å²) in [6, 6.07) is 0.599. The van der Waals surface area contributed by atoms with E-state index in [9.17, 15) is 5.11 Å². The van der Waals surface area contributed by atoms with E-state index in [1.165, 1.54) is 0 Å². The van der Waals surface area contributed by atoms with Gasteiger partial charge in [-0.2, -0.15) is 0 Å². The van der Waals surface area contributed by atoms with Gasteiger partial charge in [-0.1, -0.05) is 0 Å². The highest BCUT2D eigenvalue weighted by molar-refractivity contribution is 4.76. The predicted molar refractivity (Wildman–Crippen MR) is 63.6 cm³/mol. The van der Waals surface area contributed by atoms with E-state index in [1.54, 1.807) is 7.11 Å². The zero-order chi connectivity index (χ0) is 11.6. The number of nitrogens with one attached hydrogen (secondary N) is 1. The lowest BCUT2D eigenvalue weighted by atomic mass is 9.93. The van der Waals surface area contributed by atoms with Crippen molar-refractivity contribution in [2.24, 2.45) is 0 Å². The highest BCUT2D eigenvalue weighted by atomic mass is 16.5. The molecule has 16 heavy (non-hydrogen) atoms. The van der Waals surface area contributed by atoms with Gasteiger partial charge in [-0.15, -0.1) is 0 Å². The summed E-state index contributed by atoms with van der Waals surface area (Å²) in [5.41, 5.74) is 0. The van der Waals surface area contributed by atoms with Crippen molar-refractivity contribution in [2.75, 3.05) is 33.5 Å². The van der Waals surface area contributed by atoms with Crippen molar-refractivity contribution >= 4 is 0 Å². The van der Waals surface area contributed by atoms with Crippen LogP contribution in [0.2, 0.25) is 0 Å². The van der Waals surface area contributed by atoms with Gasteiger partial charge >= 0.3 is 0 Å². The van der Waals surface area contributed by atoms with Gasteiger partial charge in [0, 0.05) is 19.8 Å². The first kappa shape index (κ1) is 13.9. The molecule has 0 amide bonds. The summed E-state index contributed by atoms with van der Waals surface area (Å²) < 4.78 is 10.3. The SMILES string of the molecule is COCCOCCCNC1CCC(O)CC1. The van der Waals surface area contributed by atoms with Crippen LogP contribution in [-0.2, 0) is 9.47 Å². The summed E-state index contributed by atoms with van der Waals surface area (Å²) in [5, 5.41) is 12.9. The lowest BCUT2D eigenvalue weighted by molar-refractivity contribution is 0.0685. The molecule has 0 aliphatic heterocycles. The Balaban J connectivity index is 1.84. The van der Waals surface area contributed by atoms with Crippen molar-refractivity contribution in [3.05, 3.63) is 0 Å². The fourth-order valence-corrected chi connectivity index (χ4v) is 2.00. The summed E-state index contributed by atoms with van der Waals surface area (Å²) in [4.78, 5) is 0. The number of rotatable bonds is 8. The highest BCUT2D eigenvalue weighted by Crippen LogP contribution is 2.17. The number of aliphatic hydroxyl groups is 1. The molecule has 0 unspecified atom stereocenters. The largest absolute Gasteiger partial charge is 0.393 e. The van der Waals surface area contributed by atoms with Gasteiger partial charge in [0.25, 0.3) is 0 Å². The fraction of sp³-hybridized carbons (Fsp3) is 1.00. The fourth-order valence-electron chi connectivity index (χ4n) is 2.00. The minimum absolute atomic E-state index is 0.0598. The Morgan fingerprint density at radius 2 is 1.88 bits per heavy atom. The van der Waals surface area contributed by atoms with Gasteiger partial charge in [0.15, 0.2) is 0 Å². The quantitative estimate of drug-likeness (QED) is 0.610. The Morgan fingerprint density at radius 3 is 2.56 bits per heavy atom. The molecule has 4 heteroatoms.